The van der Waals surface area contributed by atoms with E-state index < -0.39 is 0 Å². The number of nitrogens with two attached hydrogens (primary N) is 1. The summed E-state index contributed by atoms with van der Waals surface area (Å²) in [7, 11) is 1.72. The molecule has 4 rings (SSSR count). The molecule has 0 unspecified atom stereocenters. The van der Waals surface area contributed by atoms with Crippen molar-refractivity contribution in [3.8, 4) is 11.5 Å². The van der Waals surface area contributed by atoms with Crippen LogP contribution in [0.1, 0.15) is 62.3 Å². The van der Waals surface area contributed by atoms with E-state index >= 15 is 0 Å². The van der Waals surface area contributed by atoms with Crippen LogP contribution in [0.4, 0.5) is 0 Å². The summed E-state index contributed by atoms with van der Waals surface area (Å²) in [5.41, 5.74) is 13.3. The summed E-state index contributed by atoms with van der Waals surface area (Å²) in [6.45, 7) is 8.92. The molecule has 0 bridgehead atoms. The molecule has 34 heavy (non-hydrogen) atoms. The topological polar surface area (TPSA) is 64.8 Å². The van der Waals surface area contributed by atoms with Gasteiger partial charge in [-0.2, -0.15) is 0 Å². The molecular formula is C29H38N2O3. The maximum atomic E-state index is 11.8. The lowest BCUT2D eigenvalue weighted by Gasteiger charge is -2.28. The van der Waals surface area contributed by atoms with Crippen LogP contribution in [0, 0.1) is 5.92 Å². The van der Waals surface area contributed by atoms with Crippen molar-refractivity contribution in [3.63, 3.8) is 0 Å². The molecule has 1 amide bonds. The molecular weight excluding hydrogens is 424 g/mol. The van der Waals surface area contributed by atoms with Gasteiger partial charge in [-0.15, -0.1) is 0 Å². The minimum absolute atomic E-state index is 0.117. The third kappa shape index (κ3) is 5.47. The fourth-order valence-corrected chi connectivity index (χ4v) is 5.34. The molecule has 0 aromatic heterocycles. The van der Waals surface area contributed by atoms with Crippen LogP contribution >= 0.6 is 0 Å². The van der Waals surface area contributed by atoms with E-state index in [0.29, 0.717) is 12.5 Å². The van der Waals surface area contributed by atoms with E-state index in [4.69, 9.17) is 15.2 Å². The Labute approximate surface area is 203 Å². The molecule has 0 saturated carbocycles. The first-order valence-electron chi connectivity index (χ1n) is 12.5. The highest BCUT2D eigenvalue weighted by Gasteiger charge is 2.30. The predicted octanol–water partition coefficient (Wildman–Crippen LogP) is 5.14. The lowest BCUT2D eigenvalue weighted by molar-refractivity contribution is -0.122. The number of rotatable bonds is 9. The van der Waals surface area contributed by atoms with Crippen molar-refractivity contribution in [2.45, 2.75) is 65.5 Å². The number of ether oxygens (including phenoxy) is 2. The largest absolute Gasteiger partial charge is 0.496 e. The molecule has 2 aromatic carbocycles. The van der Waals surface area contributed by atoms with Gasteiger partial charge in [0.25, 0.3) is 0 Å². The molecule has 0 radical (unpaired) electrons. The van der Waals surface area contributed by atoms with E-state index in [1.807, 2.05) is 0 Å². The van der Waals surface area contributed by atoms with Crippen molar-refractivity contribution in [1.29, 1.82) is 0 Å². The summed E-state index contributed by atoms with van der Waals surface area (Å²) >= 11 is 0. The number of hydrogen-bond donors (Lipinski definition) is 1. The van der Waals surface area contributed by atoms with Gasteiger partial charge in [-0.25, -0.2) is 0 Å². The van der Waals surface area contributed by atoms with Crippen molar-refractivity contribution >= 4 is 11.5 Å². The summed E-state index contributed by atoms with van der Waals surface area (Å²) in [5.74, 6) is 2.19. The van der Waals surface area contributed by atoms with E-state index in [9.17, 15) is 4.79 Å². The van der Waals surface area contributed by atoms with Crippen LogP contribution in [0.2, 0.25) is 0 Å². The van der Waals surface area contributed by atoms with Gasteiger partial charge >= 0.3 is 0 Å². The van der Waals surface area contributed by atoms with Crippen molar-refractivity contribution in [2.24, 2.45) is 11.7 Å². The molecule has 5 heteroatoms. The smallest absolute Gasteiger partial charge is 0.234 e. The molecule has 5 nitrogen and oxygen atoms in total. The van der Waals surface area contributed by atoms with E-state index in [0.717, 1.165) is 62.3 Å². The Morgan fingerprint density at radius 3 is 2.74 bits per heavy atom. The Kier molecular flexibility index (Phi) is 7.62. The van der Waals surface area contributed by atoms with E-state index in [1.165, 1.54) is 27.8 Å². The maximum Gasteiger partial charge on any atom is 0.234 e. The molecule has 182 valence electrons. The fourth-order valence-electron chi connectivity index (χ4n) is 5.34. The van der Waals surface area contributed by atoms with Crippen LogP contribution in [0.15, 0.2) is 42.0 Å². The molecule has 2 aliphatic rings. The second-order valence-corrected chi connectivity index (χ2v) is 10.1. The number of fused-ring (bicyclic) bond motifs is 1. The quantitative estimate of drug-likeness (QED) is 0.560. The molecule has 2 aromatic rings. The molecule has 2 N–H and O–H groups in total. The van der Waals surface area contributed by atoms with E-state index in [-0.39, 0.29) is 11.9 Å². The number of aryl methyl sites for hydroxylation is 1. The number of methoxy groups -OCH3 is 1. The van der Waals surface area contributed by atoms with Gasteiger partial charge in [-0.3, -0.25) is 9.69 Å². The molecule has 1 saturated heterocycles. The van der Waals surface area contributed by atoms with Crippen molar-refractivity contribution < 1.29 is 14.3 Å². The number of allylic oxidation sites excluding steroid dienone is 1. The third-order valence-corrected chi connectivity index (χ3v) is 7.18. The average molecular weight is 463 g/mol. The second-order valence-electron chi connectivity index (χ2n) is 10.1. The van der Waals surface area contributed by atoms with E-state index in [1.54, 1.807) is 7.11 Å². The van der Waals surface area contributed by atoms with Crippen LogP contribution in [-0.4, -0.2) is 37.0 Å². The molecule has 1 atom stereocenters. The first kappa shape index (κ1) is 24.3. The first-order chi connectivity index (χ1) is 16.4. The zero-order chi connectivity index (χ0) is 24.2. The standard InChI is InChI=1S/C29H38N2O3/c1-19(2)14-21-7-8-24(28(15-21)33-4)18-34-25-11-12-26-20(3)23(10-9-22(26)16-25)17-31-13-5-6-27(31)29(30)32/h7-8,11-12,15-16,19,27H,5-6,9-10,13-14,17-18H2,1-4H3,(H2,30,32)/t27-/m0/s1. The van der Waals surface area contributed by atoms with Gasteiger partial charge in [0, 0.05) is 12.1 Å². The summed E-state index contributed by atoms with van der Waals surface area (Å²) in [6, 6.07) is 12.7. The van der Waals surface area contributed by atoms with Gasteiger partial charge in [0.2, 0.25) is 5.91 Å². The van der Waals surface area contributed by atoms with Gasteiger partial charge in [-0.1, -0.05) is 37.6 Å². The number of primary amides is 1. The normalized spacial score (nSPS) is 18.3. The van der Waals surface area contributed by atoms with Crippen molar-refractivity contribution in [1.82, 2.24) is 4.90 Å². The molecule has 1 aliphatic carbocycles. The van der Waals surface area contributed by atoms with Gasteiger partial charge < -0.3 is 15.2 Å². The fraction of sp³-hybridized carbons (Fsp3) is 0.483. The third-order valence-electron chi connectivity index (χ3n) is 7.18. The van der Waals surface area contributed by atoms with Crippen LogP contribution in [0.5, 0.6) is 11.5 Å². The number of carbonyl (C=O) groups is 1. The Bertz CT molecular complexity index is 1070. The highest BCUT2D eigenvalue weighted by atomic mass is 16.5. The SMILES string of the molecule is COc1cc(CC(C)C)ccc1COc1ccc2c(c1)CCC(CN1CCC[C@H]1C(N)=O)=C2C. The lowest BCUT2D eigenvalue weighted by atomic mass is 9.86. The predicted molar refractivity (Wildman–Crippen MR) is 137 cm³/mol. The van der Waals surface area contributed by atoms with Crippen LogP contribution in [0.3, 0.4) is 0 Å². The zero-order valence-corrected chi connectivity index (χ0v) is 21.0. The summed E-state index contributed by atoms with van der Waals surface area (Å²) in [5, 5.41) is 0. The van der Waals surface area contributed by atoms with Crippen LogP contribution in [0.25, 0.3) is 5.57 Å². The second kappa shape index (κ2) is 10.6. The lowest BCUT2D eigenvalue weighted by Crippen LogP contribution is -2.41. The van der Waals surface area contributed by atoms with Gasteiger partial charge in [0.15, 0.2) is 0 Å². The van der Waals surface area contributed by atoms with Gasteiger partial charge in [-0.05, 0) is 92.0 Å². The highest BCUT2D eigenvalue weighted by Crippen LogP contribution is 2.35. The number of nitrogens with zero attached hydrogens (tertiary/aromatic N) is 1. The highest BCUT2D eigenvalue weighted by molar-refractivity contribution is 5.80. The number of benzene rings is 2. The van der Waals surface area contributed by atoms with Gasteiger partial charge in [0.05, 0.1) is 13.2 Å². The van der Waals surface area contributed by atoms with E-state index in [2.05, 4.69) is 62.1 Å². The van der Waals surface area contributed by atoms with Crippen molar-refractivity contribution in [2.75, 3.05) is 20.2 Å². The summed E-state index contributed by atoms with van der Waals surface area (Å²) in [6.07, 6.45) is 4.96. The zero-order valence-electron chi connectivity index (χ0n) is 21.0. The minimum atomic E-state index is -0.194. The average Bonchev–Trinajstić information content (AvgIpc) is 3.28. The molecule has 1 fully saturated rings. The first-order valence-corrected chi connectivity index (χ1v) is 12.5. The molecule has 0 spiro atoms. The Morgan fingerprint density at radius 2 is 2.00 bits per heavy atom. The number of carbonyl (C=O) groups excluding carboxylic acids is 1. The minimum Gasteiger partial charge on any atom is -0.496 e. The van der Waals surface area contributed by atoms with Crippen LogP contribution in [-0.2, 0) is 24.2 Å². The Hall–Kier alpha value is -2.79. The monoisotopic (exact) mass is 462 g/mol. The Balaban J connectivity index is 1.44. The summed E-state index contributed by atoms with van der Waals surface area (Å²) < 4.78 is 11.8. The maximum absolute atomic E-state index is 11.8. The number of likely N-dealkylation sites (tertiary alicyclic amines) is 1. The van der Waals surface area contributed by atoms with Crippen molar-refractivity contribution in [3.05, 3.63) is 64.2 Å². The molecule has 1 aliphatic heterocycles. The van der Waals surface area contributed by atoms with Crippen LogP contribution < -0.4 is 15.2 Å². The summed E-state index contributed by atoms with van der Waals surface area (Å²) in [4.78, 5) is 14.0. The van der Waals surface area contributed by atoms with Gasteiger partial charge in [0.1, 0.15) is 18.1 Å². The number of amides is 1. The molecule has 1 heterocycles. The number of hydrogen-bond acceptors (Lipinski definition) is 4. The Morgan fingerprint density at radius 1 is 1.18 bits per heavy atom.